The first kappa shape index (κ1) is 20.0. The van der Waals surface area contributed by atoms with Crippen molar-refractivity contribution in [1.29, 1.82) is 0 Å². The number of hydrogen-bond acceptors (Lipinski definition) is 2. The Kier molecular flexibility index (Phi) is 5.22. The number of nitrogens with zero attached hydrogens (tertiary/aromatic N) is 2. The molecule has 2 N–H and O–H groups in total. The molecule has 2 heterocycles. The zero-order valence-corrected chi connectivity index (χ0v) is 17.4. The van der Waals surface area contributed by atoms with Gasteiger partial charge in [-0.25, -0.2) is 4.98 Å². The van der Waals surface area contributed by atoms with Crippen LogP contribution in [0.1, 0.15) is 43.2 Å². The fourth-order valence-electron chi connectivity index (χ4n) is 3.31. The third kappa shape index (κ3) is 3.62. The highest BCUT2D eigenvalue weighted by Crippen LogP contribution is 2.23. The van der Waals surface area contributed by atoms with E-state index in [2.05, 4.69) is 60.1 Å². The van der Waals surface area contributed by atoms with Gasteiger partial charge in [0.1, 0.15) is 0 Å². The third-order valence-corrected chi connectivity index (χ3v) is 4.98. The van der Waals surface area contributed by atoms with Gasteiger partial charge in [0.05, 0.1) is 11.0 Å². The smallest absolute Gasteiger partial charge is 0.277 e. The normalized spacial score (nSPS) is 11.6. The second-order valence-electron chi connectivity index (χ2n) is 8.06. The third-order valence-electron chi connectivity index (χ3n) is 4.98. The van der Waals surface area contributed by atoms with Crippen molar-refractivity contribution in [3.05, 3.63) is 81.3 Å². The van der Waals surface area contributed by atoms with E-state index in [0.717, 1.165) is 27.9 Å². The van der Waals surface area contributed by atoms with Crippen molar-refractivity contribution in [2.75, 3.05) is 0 Å². The van der Waals surface area contributed by atoms with Crippen LogP contribution in [0.4, 0.5) is 0 Å². The Hall–Kier alpha value is -2.79. The van der Waals surface area contributed by atoms with Crippen LogP contribution in [-0.4, -0.2) is 19.7 Å². The topological polar surface area (TPSA) is 66.5 Å². The van der Waals surface area contributed by atoms with E-state index >= 15 is 0 Å². The number of nitrogens with one attached hydrogen (secondary N) is 2. The van der Waals surface area contributed by atoms with Crippen LogP contribution in [0.25, 0.3) is 17.0 Å². The summed E-state index contributed by atoms with van der Waals surface area (Å²) in [5.41, 5.74) is 5.84. The molecule has 0 atom stereocenters. The summed E-state index contributed by atoms with van der Waals surface area (Å²) < 4.78 is 1.49. The second-order valence-corrected chi connectivity index (χ2v) is 8.06. The molecule has 0 saturated heterocycles. The van der Waals surface area contributed by atoms with Gasteiger partial charge in [-0.3, -0.25) is 9.89 Å². The molecule has 4 aromatic rings. The van der Waals surface area contributed by atoms with Crippen molar-refractivity contribution in [2.45, 2.75) is 39.5 Å². The van der Waals surface area contributed by atoms with Crippen molar-refractivity contribution >= 4 is 23.4 Å². The van der Waals surface area contributed by atoms with E-state index in [1.807, 2.05) is 31.2 Å². The second kappa shape index (κ2) is 7.32. The quantitative estimate of drug-likeness (QED) is 0.528. The Morgan fingerprint density at radius 2 is 1.71 bits per heavy atom. The summed E-state index contributed by atoms with van der Waals surface area (Å²) in [6.07, 6.45) is 0.596. The van der Waals surface area contributed by atoms with Crippen LogP contribution in [0.2, 0.25) is 0 Å². The molecule has 0 radical (unpaired) electrons. The lowest BCUT2D eigenvalue weighted by atomic mass is 9.86. The van der Waals surface area contributed by atoms with E-state index in [1.165, 1.54) is 10.2 Å². The van der Waals surface area contributed by atoms with Gasteiger partial charge in [0.25, 0.3) is 5.56 Å². The predicted octanol–water partition coefficient (Wildman–Crippen LogP) is 4.66. The van der Waals surface area contributed by atoms with Gasteiger partial charge < -0.3 is 4.98 Å². The fraction of sp³-hybridized carbons (Fsp3) is 0.273. The maximum atomic E-state index is 13.0. The number of benzene rings is 2. The van der Waals surface area contributed by atoms with Crippen LogP contribution in [0.5, 0.6) is 0 Å². The van der Waals surface area contributed by atoms with Crippen molar-refractivity contribution in [1.82, 2.24) is 19.7 Å². The molecule has 6 heteroatoms. The number of imidazole rings is 1. The summed E-state index contributed by atoms with van der Waals surface area (Å²) in [5, 5.41) is 3.16. The number of aromatic amines is 2. The number of aromatic nitrogens is 4. The molecule has 2 aromatic heterocycles. The van der Waals surface area contributed by atoms with E-state index in [4.69, 9.17) is 0 Å². The van der Waals surface area contributed by atoms with Gasteiger partial charge in [-0.1, -0.05) is 57.2 Å². The highest BCUT2D eigenvalue weighted by Gasteiger charge is 2.17. The molecule has 0 aliphatic heterocycles. The highest BCUT2D eigenvalue weighted by molar-refractivity contribution is 5.85. The number of para-hydroxylation sites is 2. The van der Waals surface area contributed by atoms with Crippen molar-refractivity contribution in [2.24, 2.45) is 0 Å². The molecule has 0 unspecified atom stereocenters. The minimum absolute atomic E-state index is 0. The van der Waals surface area contributed by atoms with E-state index in [9.17, 15) is 4.79 Å². The zero-order chi connectivity index (χ0) is 19.2. The summed E-state index contributed by atoms with van der Waals surface area (Å²) in [5.74, 6) is 0.513. The molecule has 146 valence electrons. The molecule has 0 amide bonds. The Bertz CT molecular complexity index is 1130. The first-order chi connectivity index (χ1) is 12.8. The molecule has 5 nitrogen and oxygen atoms in total. The molecule has 0 bridgehead atoms. The van der Waals surface area contributed by atoms with Crippen LogP contribution in [0.15, 0.2) is 53.3 Å². The van der Waals surface area contributed by atoms with Crippen LogP contribution in [-0.2, 0) is 11.8 Å². The predicted molar refractivity (Wildman–Crippen MR) is 116 cm³/mol. The minimum Gasteiger partial charge on any atom is -0.322 e. The van der Waals surface area contributed by atoms with Crippen molar-refractivity contribution < 1.29 is 0 Å². The van der Waals surface area contributed by atoms with E-state index in [0.29, 0.717) is 12.4 Å². The van der Waals surface area contributed by atoms with Gasteiger partial charge in [0, 0.05) is 17.7 Å². The molecular weight excluding hydrogens is 372 g/mol. The maximum absolute atomic E-state index is 13.0. The first-order valence-corrected chi connectivity index (χ1v) is 9.18. The van der Waals surface area contributed by atoms with Gasteiger partial charge >= 0.3 is 0 Å². The first-order valence-electron chi connectivity index (χ1n) is 9.18. The van der Waals surface area contributed by atoms with Crippen LogP contribution in [0.3, 0.4) is 0 Å². The summed E-state index contributed by atoms with van der Waals surface area (Å²) in [6.45, 7) is 8.53. The lowest BCUT2D eigenvalue weighted by molar-refractivity contribution is 0.590. The monoisotopic (exact) mass is 396 g/mol. The average Bonchev–Trinajstić information content (AvgIpc) is 3.17. The minimum atomic E-state index is -0.0635. The summed E-state index contributed by atoms with van der Waals surface area (Å²) in [7, 11) is 0. The Labute approximate surface area is 170 Å². The fourth-order valence-corrected chi connectivity index (χ4v) is 3.31. The lowest BCUT2D eigenvalue weighted by Gasteiger charge is -2.19. The zero-order valence-electron chi connectivity index (χ0n) is 16.5. The maximum Gasteiger partial charge on any atom is 0.277 e. The van der Waals surface area contributed by atoms with Crippen LogP contribution in [0, 0.1) is 6.92 Å². The molecular formula is C22H25ClN4O. The van der Waals surface area contributed by atoms with Gasteiger partial charge in [0.15, 0.2) is 0 Å². The summed E-state index contributed by atoms with van der Waals surface area (Å²) in [4.78, 5) is 20.7. The average molecular weight is 397 g/mol. The van der Waals surface area contributed by atoms with Gasteiger partial charge in [-0.2, -0.15) is 4.68 Å². The summed E-state index contributed by atoms with van der Waals surface area (Å²) >= 11 is 0. The Morgan fingerprint density at radius 3 is 2.36 bits per heavy atom. The van der Waals surface area contributed by atoms with E-state index in [-0.39, 0.29) is 23.4 Å². The van der Waals surface area contributed by atoms with Crippen LogP contribution < -0.4 is 5.56 Å². The lowest BCUT2D eigenvalue weighted by Crippen LogP contribution is -2.18. The number of aryl methyl sites for hydroxylation is 1. The molecule has 0 fully saturated rings. The number of hydrogen-bond donors (Lipinski definition) is 2. The van der Waals surface area contributed by atoms with Gasteiger partial charge in [0.2, 0.25) is 5.95 Å². The molecule has 2 aromatic carbocycles. The highest BCUT2D eigenvalue weighted by atomic mass is 35.5. The van der Waals surface area contributed by atoms with Crippen molar-refractivity contribution in [3.63, 3.8) is 0 Å². The van der Waals surface area contributed by atoms with Gasteiger partial charge in [-0.15, -0.1) is 12.4 Å². The standard InChI is InChI=1S/C22H24N4O.ClH/c1-14-17(13-15-9-11-16(12-10-15)22(2,3)4)20(27)26(25-14)21-23-18-7-5-6-8-19(18)24-21;/h5-12,25H,13H2,1-4H3,(H,23,24);1H. The largest absolute Gasteiger partial charge is 0.322 e. The molecule has 4 rings (SSSR count). The SMILES string of the molecule is Cc1[nH]n(-c2nc3ccccc3[nH]2)c(=O)c1Cc1ccc(C(C)(C)C)cc1.Cl. The van der Waals surface area contributed by atoms with E-state index in [1.54, 1.807) is 0 Å². The molecule has 0 spiro atoms. The number of fused-ring (bicyclic) bond motifs is 1. The molecule has 28 heavy (non-hydrogen) atoms. The molecule has 0 saturated carbocycles. The van der Waals surface area contributed by atoms with E-state index < -0.39 is 0 Å². The summed E-state index contributed by atoms with van der Waals surface area (Å²) in [6, 6.07) is 16.3. The molecule has 0 aliphatic carbocycles. The Balaban J connectivity index is 0.00000225. The molecule has 0 aliphatic rings. The number of rotatable bonds is 3. The van der Waals surface area contributed by atoms with Crippen LogP contribution >= 0.6 is 12.4 Å². The number of halogens is 1. The Morgan fingerprint density at radius 1 is 1.04 bits per heavy atom. The van der Waals surface area contributed by atoms with Crippen molar-refractivity contribution in [3.8, 4) is 5.95 Å². The number of H-pyrrole nitrogens is 2. The van der Waals surface area contributed by atoms with Gasteiger partial charge in [-0.05, 0) is 35.6 Å².